The van der Waals surface area contributed by atoms with Crippen LogP contribution < -0.4 is 0 Å². The van der Waals surface area contributed by atoms with Gasteiger partial charge >= 0.3 is 0 Å². The third-order valence-electron chi connectivity index (χ3n) is 7.04. The molecule has 28 heavy (non-hydrogen) atoms. The second kappa shape index (κ2) is 7.81. The molecule has 1 aromatic heterocycles. The summed E-state index contributed by atoms with van der Waals surface area (Å²) in [7, 11) is 0. The monoisotopic (exact) mass is 414 g/mol. The normalized spacial score (nSPS) is 28.2. The molecule has 0 radical (unpaired) electrons. The average molecular weight is 415 g/mol. The van der Waals surface area contributed by atoms with E-state index in [1.54, 1.807) is 11.3 Å². The highest BCUT2D eigenvalue weighted by molar-refractivity contribution is 7.08. The molecule has 0 bridgehead atoms. The van der Waals surface area contributed by atoms with Crippen molar-refractivity contribution in [2.45, 2.75) is 44.2 Å². The summed E-state index contributed by atoms with van der Waals surface area (Å²) in [5, 5.41) is 5.26. The first-order chi connectivity index (χ1) is 13.7. The van der Waals surface area contributed by atoms with Crippen LogP contribution in [0, 0.1) is 11.8 Å². The number of benzene rings is 1. The Kier molecular flexibility index (Phi) is 5.20. The standard InChI is InChI=1S/C23H27ClN2OS/c24-19-6-4-16(5-7-19)12-25-10-8-22-21(13-25)20(18-9-11-28-15-18)14-26(22)23(27)17-2-1-3-17/h4-7,9,11,15,17,20-22H,1-3,8,10,12-14H2/t20-,21-,22-/m0/s1. The molecule has 0 spiro atoms. The number of thiophene rings is 1. The molecule has 1 aromatic carbocycles. The van der Waals surface area contributed by atoms with Gasteiger partial charge in [0.05, 0.1) is 0 Å². The van der Waals surface area contributed by atoms with Crippen LogP contribution in [0.4, 0.5) is 0 Å². The molecule has 1 aliphatic carbocycles. The Labute approximate surface area is 176 Å². The summed E-state index contributed by atoms with van der Waals surface area (Å²) < 4.78 is 0. The van der Waals surface area contributed by atoms with Crippen molar-refractivity contribution in [1.82, 2.24) is 9.80 Å². The van der Waals surface area contributed by atoms with Crippen molar-refractivity contribution in [2.24, 2.45) is 11.8 Å². The summed E-state index contributed by atoms with van der Waals surface area (Å²) in [4.78, 5) is 17.9. The van der Waals surface area contributed by atoms with Crippen LogP contribution in [-0.2, 0) is 11.3 Å². The third-order valence-corrected chi connectivity index (χ3v) is 8.00. The van der Waals surface area contributed by atoms with E-state index >= 15 is 0 Å². The lowest BCUT2D eigenvalue weighted by molar-refractivity contribution is -0.140. The van der Waals surface area contributed by atoms with Crippen LogP contribution >= 0.6 is 22.9 Å². The molecular weight excluding hydrogens is 388 g/mol. The van der Waals surface area contributed by atoms with Crippen molar-refractivity contribution in [2.75, 3.05) is 19.6 Å². The summed E-state index contributed by atoms with van der Waals surface area (Å²) in [6.07, 6.45) is 4.51. The molecule has 2 aliphatic heterocycles. The molecule has 3 aliphatic rings. The number of hydrogen-bond donors (Lipinski definition) is 0. The highest BCUT2D eigenvalue weighted by Crippen LogP contribution is 2.44. The minimum atomic E-state index is 0.300. The van der Waals surface area contributed by atoms with Crippen LogP contribution in [0.15, 0.2) is 41.1 Å². The zero-order valence-electron chi connectivity index (χ0n) is 16.1. The summed E-state index contributed by atoms with van der Waals surface area (Å²) in [5.41, 5.74) is 2.74. The summed E-state index contributed by atoms with van der Waals surface area (Å²) >= 11 is 7.81. The van der Waals surface area contributed by atoms with Gasteiger partial charge in [-0.25, -0.2) is 0 Å². The van der Waals surface area contributed by atoms with E-state index in [9.17, 15) is 4.79 Å². The zero-order chi connectivity index (χ0) is 19.1. The molecule has 3 nitrogen and oxygen atoms in total. The predicted molar refractivity (Wildman–Crippen MR) is 115 cm³/mol. The van der Waals surface area contributed by atoms with Gasteiger partial charge in [-0.2, -0.15) is 11.3 Å². The van der Waals surface area contributed by atoms with Gasteiger partial charge in [0, 0.05) is 55.0 Å². The first kappa shape index (κ1) is 18.7. The average Bonchev–Trinajstić information content (AvgIpc) is 3.29. The van der Waals surface area contributed by atoms with E-state index in [1.165, 1.54) is 17.5 Å². The van der Waals surface area contributed by atoms with Crippen molar-refractivity contribution >= 4 is 28.8 Å². The minimum absolute atomic E-state index is 0.300. The molecule has 148 valence electrons. The Morgan fingerprint density at radius 1 is 1.11 bits per heavy atom. The van der Waals surface area contributed by atoms with Gasteiger partial charge in [0.1, 0.15) is 0 Å². The smallest absolute Gasteiger partial charge is 0.225 e. The van der Waals surface area contributed by atoms with E-state index in [-0.39, 0.29) is 0 Å². The number of amides is 1. The second-order valence-corrected chi connectivity index (χ2v) is 9.88. The van der Waals surface area contributed by atoms with Gasteiger partial charge in [-0.3, -0.25) is 9.69 Å². The maximum absolute atomic E-state index is 13.1. The number of nitrogens with zero attached hydrogens (tertiary/aromatic N) is 2. The lowest BCUT2D eigenvalue weighted by atomic mass is 9.82. The highest BCUT2D eigenvalue weighted by Gasteiger charge is 2.48. The Morgan fingerprint density at radius 2 is 1.93 bits per heavy atom. The molecular formula is C23H27ClN2OS. The number of fused-ring (bicyclic) bond motifs is 1. The molecule has 0 unspecified atom stereocenters. The molecule has 3 fully saturated rings. The van der Waals surface area contributed by atoms with Crippen LogP contribution in [0.1, 0.15) is 42.7 Å². The maximum atomic E-state index is 13.1. The van der Waals surface area contributed by atoms with Gasteiger partial charge in [0.25, 0.3) is 0 Å². The van der Waals surface area contributed by atoms with Crippen LogP contribution in [0.2, 0.25) is 5.02 Å². The summed E-state index contributed by atoms with van der Waals surface area (Å²) in [6, 6.07) is 10.9. The van der Waals surface area contributed by atoms with E-state index in [0.717, 1.165) is 50.5 Å². The highest BCUT2D eigenvalue weighted by atomic mass is 35.5. The molecule has 1 amide bonds. The van der Waals surface area contributed by atoms with Crippen LogP contribution in [0.25, 0.3) is 0 Å². The largest absolute Gasteiger partial charge is 0.338 e. The number of halogens is 1. The zero-order valence-corrected chi connectivity index (χ0v) is 17.7. The Morgan fingerprint density at radius 3 is 2.61 bits per heavy atom. The van der Waals surface area contributed by atoms with Crippen LogP contribution in [0.3, 0.4) is 0 Å². The van der Waals surface area contributed by atoms with Gasteiger partial charge in [0.15, 0.2) is 0 Å². The maximum Gasteiger partial charge on any atom is 0.225 e. The van der Waals surface area contributed by atoms with Crippen molar-refractivity contribution in [1.29, 1.82) is 0 Å². The molecule has 3 heterocycles. The van der Waals surface area contributed by atoms with Gasteiger partial charge in [0.2, 0.25) is 5.91 Å². The topological polar surface area (TPSA) is 23.6 Å². The van der Waals surface area contributed by atoms with Gasteiger partial charge in [-0.15, -0.1) is 0 Å². The molecule has 2 aromatic rings. The predicted octanol–water partition coefficient (Wildman–Crippen LogP) is 5.02. The van der Waals surface area contributed by atoms with Crippen molar-refractivity contribution < 1.29 is 4.79 Å². The Bertz CT molecular complexity index is 818. The van der Waals surface area contributed by atoms with Gasteiger partial charge in [-0.05, 0) is 59.3 Å². The fourth-order valence-corrected chi connectivity index (χ4v) is 6.13. The van der Waals surface area contributed by atoms with E-state index in [2.05, 4.69) is 38.8 Å². The number of hydrogen-bond acceptors (Lipinski definition) is 3. The summed E-state index contributed by atoms with van der Waals surface area (Å²) in [6.45, 7) is 4.01. The van der Waals surface area contributed by atoms with E-state index in [1.807, 2.05) is 12.1 Å². The van der Waals surface area contributed by atoms with Gasteiger partial charge < -0.3 is 4.90 Å². The quantitative estimate of drug-likeness (QED) is 0.701. The first-order valence-electron chi connectivity index (χ1n) is 10.5. The fraction of sp³-hybridized carbons (Fsp3) is 0.522. The first-order valence-corrected chi connectivity index (χ1v) is 11.8. The van der Waals surface area contributed by atoms with Crippen molar-refractivity contribution in [3.05, 3.63) is 57.2 Å². The lowest BCUT2D eigenvalue weighted by Crippen LogP contribution is -2.49. The SMILES string of the molecule is O=C(C1CCC1)N1C[C@@H](c2ccsc2)[C@@H]2CN(Cc3ccc(Cl)cc3)CC[C@@H]21. The number of rotatable bonds is 4. The molecule has 5 rings (SSSR count). The third kappa shape index (κ3) is 3.51. The Balaban J connectivity index is 1.34. The fourth-order valence-electron chi connectivity index (χ4n) is 5.28. The number of piperidine rings is 1. The van der Waals surface area contributed by atoms with E-state index in [0.29, 0.717) is 29.7 Å². The van der Waals surface area contributed by atoms with E-state index in [4.69, 9.17) is 11.6 Å². The molecule has 1 saturated carbocycles. The molecule has 5 heteroatoms. The number of carbonyl (C=O) groups excluding carboxylic acids is 1. The van der Waals surface area contributed by atoms with Crippen molar-refractivity contribution in [3.63, 3.8) is 0 Å². The number of likely N-dealkylation sites (tertiary alicyclic amines) is 2. The second-order valence-electron chi connectivity index (χ2n) is 8.66. The molecule has 0 N–H and O–H groups in total. The van der Waals surface area contributed by atoms with Crippen LogP contribution in [-0.4, -0.2) is 41.4 Å². The lowest BCUT2D eigenvalue weighted by Gasteiger charge is -2.40. The van der Waals surface area contributed by atoms with Gasteiger partial charge in [-0.1, -0.05) is 30.2 Å². The Hall–Kier alpha value is -1.36. The molecule has 2 saturated heterocycles. The van der Waals surface area contributed by atoms with E-state index < -0.39 is 0 Å². The molecule has 3 atom stereocenters. The number of carbonyl (C=O) groups is 1. The minimum Gasteiger partial charge on any atom is -0.338 e. The van der Waals surface area contributed by atoms with Crippen LogP contribution in [0.5, 0.6) is 0 Å². The van der Waals surface area contributed by atoms with Crippen molar-refractivity contribution in [3.8, 4) is 0 Å². The summed E-state index contributed by atoms with van der Waals surface area (Å²) in [5.74, 6) is 1.76.